The van der Waals surface area contributed by atoms with Gasteiger partial charge in [0.25, 0.3) is 10.0 Å². The average Bonchev–Trinajstić information content (AvgIpc) is 3.42. The van der Waals surface area contributed by atoms with Crippen molar-refractivity contribution in [1.82, 2.24) is 9.36 Å². The van der Waals surface area contributed by atoms with Crippen LogP contribution in [0.25, 0.3) is 0 Å². The van der Waals surface area contributed by atoms with E-state index in [1.54, 1.807) is 17.0 Å². The van der Waals surface area contributed by atoms with Gasteiger partial charge in [0.05, 0.1) is 4.90 Å². The van der Waals surface area contributed by atoms with Gasteiger partial charge in [-0.15, -0.1) is 0 Å². The number of amides is 1. The van der Waals surface area contributed by atoms with Gasteiger partial charge in [-0.25, -0.2) is 13.4 Å². The summed E-state index contributed by atoms with van der Waals surface area (Å²) < 4.78 is 31.2. The van der Waals surface area contributed by atoms with Crippen molar-refractivity contribution in [2.75, 3.05) is 27.6 Å². The highest BCUT2D eigenvalue weighted by molar-refractivity contribution is 7.93. The SMILES string of the molecule is O=C1[C@H](N2CCCc3cc(Cl)ccc32)CCN1c1ccc(S(=O)(=O)Nc2ncns2)cc1. The van der Waals surface area contributed by atoms with Gasteiger partial charge in [-0.1, -0.05) is 11.6 Å². The van der Waals surface area contributed by atoms with E-state index in [4.69, 9.17) is 11.6 Å². The summed E-state index contributed by atoms with van der Waals surface area (Å²) in [7, 11) is -3.77. The Kier molecular flexibility index (Phi) is 5.52. The first-order valence-electron chi connectivity index (χ1n) is 10.2. The second kappa shape index (κ2) is 8.34. The monoisotopic (exact) mass is 489 g/mol. The predicted molar refractivity (Wildman–Crippen MR) is 125 cm³/mol. The Morgan fingerprint density at radius 2 is 1.94 bits per heavy atom. The second-order valence-corrected chi connectivity index (χ2v) is 10.6. The number of aromatic nitrogens is 2. The molecule has 11 heteroatoms. The van der Waals surface area contributed by atoms with E-state index < -0.39 is 10.0 Å². The van der Waals surface area contributed by atoms with Crippen LogP contribution in [0.5, 0.6) is 0 Å². The Labute approximate surface area is 195 Å². The molecule has 0 saturated carbocycles. The van der Waals surface area contributed by atoms with Crippen molar-refractivity contribution in [1.29, 1.82) is 0 Å². The quantitative estimate of drug-likeness (QED) is 0.588. The Morgan fingerprint density at radius 1 is 1.12 bits per heavy atom. The third kappa shape index (κ3) is 3.94. The molecule has 1 N–H and O–H groups in total. The zero-order valence-electron chi connectivity index (χ0n) is 16.9. The maximum atomic E-state index is 13.3. The molecule has 5 rings (SSSR count). The van der Waals surface area contributed by atoms with Crippen molar-refractivity contribution in [2.45, 2.75) is 30.2 Å². The molecule has 0 radical (unpaired) electrons. The summed E-state index contributed by atoms with van der Waals surface area (Å²) in [6, 6.07) is 11.9. The number of nitrogens with one attached hydrogen (secondary N) is 1. The third-order valence-electron chi connectivity index (χ3n) is 5.79. The Balaban J connectivity index is 1.34. The minimum atomic E-state index is -3.77. The van der Waals surface area contributed by atoms with Crippen molar-refractivity contribution in [2.24, 2.45) is 0 Å². The lowest BCUT2D eigenvalue weighted by Gasteiger charge is -2.35. The lowest BCUT2D eigenvalue weighted by molar-refractivity contribution is -0.118. The number of hydrogen-bond donors (Lipinski definition) is 1. The van der Waals surface area contributed by atoms with Gasteiger partial charge >= 0.3 is 0 Å². The van der Waals surface area contributed by atoms with Crippen LogP contribution in [0, 0.1) is 0 Å². The zero-order chi connectivity index (χ0) is 22.3. The first-order chi connectivity index (χ1) is 15.4. The number of halogens is 1. The highest BCUT2D eigenvalue weighted by atomic mass is 35.5. The molecule has 0 bridgehead atoms. The van der Waals surface area contributed by atoms with Crippen molar-refractivity contribution < 1.29 is 13.2 Å². The van der Waals surface area contributed by atoms with Crippen LogP contribution in [0.3, 0.4) is 0 Å². The van der Waals surface area contributed by atoms with Crippen LogP contribution in [0.15, 0.2) is 53.7 Å². The van der Waals surface area contributed by atoms with E-state index in [1.807, 2.05) is 18.2 Å². The number of aryl methyl sites for hydroxylation is 1. The molecule has 8 nitrogen and oxygen atoms in total. The first kappa shape index (κ1) is 21.2. The van der Waals surface area contributed by atoms with E-state index in [1.165, 1.54) is 24.0 Å². The number of anilines is 3. The van der Waals surface area contributed by atoms with E-state index >= 15 is 0 Å². The third-order valence-corrected chi connectivity index (χ3v) is 8.09. The summed E-state index contributed by atoms with van der Waals surface area (Å²) in [5.74, 6) is 0.0235. The molecular formula is C21H20ClN5O3S2. The number of benzene rings is 2. The molecule has 2 aromatic carbocycles. The van der Waals surface area contributed by atoms with Gasteiger partial charge in [-0.05, 0) is 67.3 Å². The number of sulfonamides is 1. The van der Waals surface area contributed by atoms with E-state index in [0.717, 1.165) is 36.6 Å². The van der Waals surface area contributed by atoms with Gasteiger partial charge in [0.2, 0.25) is 11.0 Å². The molecular weight excluding hydrogens is 470 g/mol. The summed E-state index contributed by atoms with van der Waals surface area (Å²) in [5, 5.41) is 0.912. The number of carbonyl (C=O) groups excluding carboxylic acids is 1. The lowest BCUT2D eigenvalue weighted by Crippen LogP contribution is -2.44. The zero-order valence-corrected chi connectivity index (χ0v) is 19.3. The molecule has 2 aliphatic heterocycles. The number of carbonyl (C=O) groups is 1. The van der Waals surface area contributed by atoms with E-state index in [0.29, 0.717) is 23.7 Å². The maximum absolute atomic E-state index is 13.3. The van der Waals surface area contributed by atoms with Gasteiger partial charge in [0, 0.05) is 41.0 Å². The standard InChI is InChI=1S/C21H20ClN5O3S2/c22-15-3-8-18-14(12-15)2-1-10-27(18)19-9-11-26(20(19)28)16-4-6-17(7-5-16)32(29,30)25-21-23-13-24-31-21/h3-8,12-13,19H,1-2,9-11H2,(H,23,24,25)/t19-/m1/s1. The van der Waals surface area contributed by atoms with Gasteiger partial charge in [0.1, 0.15) is 12.4 Å². The second-order valence-electron chi connectivity index (χ2n) is 7.71. The molecule has 3 heterocycles. The molecule has 0 unspecified atom stereocenters. The molecule has 1 aromatic heterocycles. The van der Waals surface area contributed by atoms with Crippen LogP contribution in [-0.2, 0) is 21.2 Å². The van der Waals surface area contributed by atoms with Gasteiger partial charge < -0.3 is 9.80 Å². The Morgan fingerprint density at radius 3 is 2.69 bits per heavy atom. The first-order valence-corrected chi connectivity index (χ1v) is 12.8. The molecule has 3 aromatic rings. The van der Waals surface area contributed by atoms with E-state index in [-0.39, 0.29) is 22.0 Å². The molecule has 0 aliphatic carbocycles. The molecule has 0 spiro atoms. The van der Waals surface area contributed by atoms with Gasteiger partial charge in [-0.3, -0.25) is 9.52 Å². The fraction of sp³-hybridized carbons (Fsp3) is 0.286. The van der Waals surface area contributed by atoms with Crippen molar-refractivity contribution in [3.8, 4) is 0 Å². The average molecular weight is 490 g/mol. The van der Waals surface area contributed by atoms with E-state index in [2.05, 4.69) is 19.0 Å². The molecule has 1 saturated heterocycles. The Hall–Kier alpha value is -2.69. The van der Waals surface area contributed by atoms with Crippen molar-refractivity contribution >= 4 is 55.6 Å². The number of hydrogen-bond acceptors (Lipinski definition) is 7. The van der Waals surface area contributed by atoms with Crippen LogP contribution in [0.1, 0.15) is 18.4 Å². The summed E-state index contributed by atoms with van der Waals surface area (Å²) in [5.41, 5.74) is 2.93. The molecule has 1 atom stereocenters. The molecule has 1 amide bonds. The highest BCUT2D eigenvalue weighted by Gasteiger charge is 2.38. The largest absolute Gasteiger partial charge is 0.359 e. The van der Waals surface area contributed by atoms with Crippen LogP contribution in [0.2, 0.25) is 5.02 Å². The molecule has 166 valence electrons. The summed E-state index contributed by atoms with van der Waals surface area (Å²) in [4.78, 5) is 21.1. The maximum Gasteiger partial charge on any atom is 0.263 e. The molecule has 1 fully saturated rings. The van der Waals surface area contributed by atoms with Gasteiger partial charge in [0.15, 0.2) is 0 Å². The fourth-order valence-corrected chi connectivity index (χ4v) is 6.18. The van der Waals surface area contributed by atoms with Crippen molar-refractivity contribution in [3.05, 3.63) is 59.4 Å². The Bertz CT molecular complexity index is 1250. The van der Waals surface area contributed by atoms with Crippen LogP contribution in [0.4, 0.5) is 16.5 Å². The number of nitrogens with zero attached hydrogens (tertiary/aromatic N) is 4. The van der Waals surface area contributed by atoms with Crippen LogP contribution >= 0.6 is 23.1 Å². The van der Waals surface area contributed by atoms with Crippen LogP contribution < -0.4 is 14.5 Å². The van der Waals surface area contributed by atoms with Gasteiger partial charge in [-0.2, -0.15) is 4.37 Å². The topological polar surface area (TPSA) is 95.5 Å². The minimum absolute atomic E-state index is 0.0235. The smallest absolute Gasteiger partial charge is 0.263 e. The predicted octanol–water partition coefficient (Wildman–Crippen LogP) is 3.55. The minimum Gasteiger partial charge on any atom is -0.359 e. The summed E-state index contributed by atoms with van der Waals surface area (Å²) in [6.07, 6.45) is 3.93. The van der Waals surface area contributed by atoms with Crippen LogP contribution in [-0.4, -0.2) is 42.8 Å². The summed E-state index contributed by atoms with van der Waals surface area (Å²) in [6.45, 7) is 1.41. The summed E-state index contributed by atoms with van der Waals surface area (Å²) >= 11 is 7.11. The van der Waals surface area contributed by atoms with Crippen molar-refractivity contribution in [3.63, 3.8) is 0 Å². The number of rotatable bonds is 5. The normalized spacial score (nSPS) is 18.7. The van der Waals surface area contributed by atoms with E-state index in [9.17, 15) is 13.2 Å². The molecule has 2 aliphatic rings. The highest BCUT2D eigenvalue weighted by Crippen LogP contribution is 2.35. The molecule has 32 heavy (non-hydrogen) atoms. The lowest BCUT2D eigenvalue weighted by atomic mass is 9.99. The fourth-order valence-electron chi connectivity index (χ4n) is 4.33. The number of fused-ring (bicyclic) bond motifs is 1.